The summed E-state index contributed by atoms with van der Waals surface area (Å²) >= 11 is 0. The molecular formula is C12H11F3O4S. The largest absolute Gasteiger partial charge is 0.489 e. The minimum atomic E-state index is -4.45. The average molecular weight is 308 g/mol. The van der Waals surface area contributed by atoms with Crippen LogP contribution in [0.2, 0.25) is 0 Å². The number of rotatable bonds is 3. The quantitative estimate of drug-likeness (QED) is 0.871. The van der Waals surface area contributed by atoms with E-state index in [1.807, 2.05) is 0 Å². The molecule has 8 heteroatoms. The van der Waals surface area contributed by atoms with Crippen molar-refractivity contribution >= 4 is 10.1 Å². The van der Waals surface area contributed by atoms with E-state index in [1.165, 1.54) is 6.07 Å². The van der Waals surface area contributed by atoms with Crippen molar-refractivity contribution in [3.05, 3.63) is 29.3 Å². The predicted octanol–water partition coefficient (Wildman–Crippen LogP) is 2.39. The summed E-state index contributed by atoms with van der Waals surface area (Å²) in [4.78, 5) is 0. The van der Waals surface area contributed by atoms with Gasteiger partial charge in [-0.2, -0.15) is 21.6 Å². The van der Waals surface area contributed by atoms with Crippen LogP contribution in [0.3, 0.4) is 0 Å². The third kappa shape index (κ3) is 2.16. The van der Waals surface area contributed by atoms with Crippen LogP contribution >= 0.6 is 0 Å². The Bertz CT molecular complexity index is 668. The van der Waals surface area contributed by atoms with Crippen LogP contribution in [-0.4, -0.2) is 24.8 Å². The van der Waals surface area contributed by atoms with Crippen LogP contribution in [0, 0.1) is 0 Å². The molecule has 1 fully saturated rings. The van der Waals surface area contributed by atoms with Crippen LogP contribution in [0.1, 0.15) is 24.0 Å². The van der Waals surface area contributed by atoms with Gasteiger partial charge in [-0.1, -0.05) is 0 Å². The van der Waals surface area contributed by atoms with Crippen molar-refractivity contribution < 1.29 is 30.9 Å². The Morgan fingerprint density at radius 3 is 2.70 bits per heavy atom. The second-order valence-electron chi connectivity index (χ2n) is 5.21. The van der Waals surface area contributed by atoms with Gasteiger partial charge in [0.1, 0.15) is 11.9 Å². The lowest BCUT2D eigenvalue weighted by molar-refractivity contribution is -0.137. The Kier molecular flexibility index (Phi) is 2.66. The lowest BCUT2D eigenvalue weighted by Gasteiger charge is -2.14. The van der Waals surface area contributed by atoms with Gasteiger partial charge in [0.25, 0.3) is 10.1 Å². The third-order valence-corrected chi connectivity index (χ3v) is 4.64. The van der Waals surface area contributed by atoms with Gasteiger partial charge in [0.05, 0.1) is 11.3 Å². The summed E-state index contributed by atoms with van der Waals surface area (Å²) in [5.74, 6) is -0.118. The first-order valence-electron chi connectivity index (χ1n) is 5.95. The van der Waals surface area contributed by atoms with Gasteiger partial charge in [-0.15, -0.1) is 0 Å². The molecule has 2 unspecified atom stereocenters. The highest BCUT2D eigenvalue weighted by Crippen LogP contribution is 2.61. The lowest BCUT2D eigenvalue weighted by atomic mass is 9.92. The van der Waals surface area contributed by atoms with Crippen molar-refractivity contribution in [1.82, 2.24) is 0 Å². The van der Waals surface area contributed by atoms with Crippen molar-refractivity contribution in [2.75, 3.05) is 5.75 Å². The second-order valence-corrected chi connectivity index (χ2v) is 6.78. The molecule has 1 aliphatic heterocycles. The molecule has 0 amide bonds. The molecule has 0 spiro atoms. The average Bonchev–Trinajstić information content (AvgIpc) is 2.92. The third-order valence-electron chi connectivity index (χ3n) is 3.92. The molecule has 4 nitrogen and oxygen atoms in total. The maximum atomic E-state index is 12.7. The van der Waals surface area contributed by atoms with E-state index in [4.69, 9.17) is 9.29 Å². The number of hydrogen-bond acceptors (Lipinski definition) is 3. The summed E-state index contributed by atoms with van der Waals surface area (Å²) in [5, 5.41) is 0. The highest BCUT2D eigenvalue weighted by atomic mass is 32.2. The molecule has 0 radical (unpaired) electrons. The first kappa shape index (κ1) is 13.7. The standard InChI is InChI=1S/C12H11F3O4S/c13-12(14,15)7-1-2-9-8(5-7)11(6-10(11)19-9)3-4-20(16,17)18/h1-2,5,10H,3-4,6H2,(H,16,17,18). The van der Waals surface area contributed by atoms with E-state index in [0.29, 0.717) is 17.7 Å². The summed E-state index contributed by atoms with van der Waals surface area (Å²) in [6.07, 6.45) is -4.20. The van der Waals surface area contributed by atoms with Gasteiger partial charge in [-0.05, 0) is 31.0 Å². The maximum Gasteiger partial charge on any atom is 0.416 e. The van der Waals surface area contributed by atoms with Crippen molar-refractivity contribution in [3.63, 3.8) is 0 Å². The molecule has 3 rings (SSSR count). The topological polar surface area (TPSA) is 63.6 Å². The predicted molar refractivity (Wildman–Crippen MR) is 63.2 cm³/mol. The van der Waals surface area contributed by atoms with Gasteiger partial charge < -0.3 is 4.74 Å². The van der Waals surface area contributed by atoms with Gasteiger partial charge >= 0.3 is 6.18 Å². The number of fused-ring (bicyclic) bond motifs is 3. The Hall–Kier alpha value is -1.28. The Morgan fingerprint density at radius 1 is 1.40 bits per heavy atom. The molecule has 1 heterocycles. The lowest BCUT2D eigenvalue weighted by Crippen LogP contribution is -2.16. The molecule has 2 atom stereocenters. The molecule has 1 aliphatic carbocycles. The SMILES string of the molecule is O=S(=O)(O)CCC12CC1Oc1ccc(C(F)(F)F)cc12. The first-order chi connectivity index (χ1) is 9.12. The molecule has 1 N–H and O–H groups in total. The monoisotopic (exact) mass is 308 g/mol. The van der Waals surface area contributed by atoms with Crippen LogP contribution in [0.5, 0.6) is 5.75 Å². The molecule has 1 aromatic carbocycles. The fourth-order valence-electron chi connectivity index (χ4n) is 2.77. The summed E-state index contributed by atoms with van der Waals surface area (Å²) in [6, 6.07) is 3.23. The molecule has 2 aliphatic rings. The number of ether oxygens (including phenoxy) is 1. The van der Waals surface area contributed by atoms with Crippen molar-refractivity contribution in [3.8, 4) is 5.75 Å². The van der Waals surface area contributed by atoms with Crippen LogP contribution in [0.25, 0.3) is 0 Å². The highest BCUT2D eigenvalue weighted by molar-refractivity contribution is 7.85. The van der Waals surface area contributed by atoms with Crippen molar-refractivity contribution in [2.24, 2.45) is 0 Å². The first-order valence-corrected chi connectivity index (χ1v) is 7.56. The van der Waals surface area contributed by atoms with E-state index >= 15 is 0 Å². The number of benzene rings is 1. The zero-order valence-corrected chi connectivity index (χ0v) is 11.0. The van der Waals surface area contributed by atoms with Crippen molar-refractivity contribution in [2.45, 2.75) is 30.5 Å². The maximum absolute atomic E-state index is 12.7. The summed E-state index contributed by atoms with van der Waals surface area (Å²) in [5.41, 5.74) is -1.09. The number of hydrogen-bond donors (Lipinski definition) is 1. The van der Waals surface area contributed by atoms with E-state index in [9.17, 15) is 21.6 Å². The molecule has 1 aromatic rings. The van der Waals surface area contributed by atoms with Gasteiger partial charge in [0, 0.05) is 11.0 Å². The zero-order valence-electron chi connectivity index (χ0n) is 10.1. The number of halogens is 3. The fourth-order valence-corrected chi connectivity index (χ4v) is 3.39. The Labute approximate surface area is 113 Å². The zero-order chi connectivity index (χ0) is 14.8. The highest BCUT2D eigenvalue weighted by Gasteiger charge is 2.63. The molecule has 20 heavy (non-hydrogen) atoms. The fraction of sp³-hybridized carbons (Fsp3) is 0.500. The second kappa shape index (κ2) is 3.88. The Morgan fingerprint density at radius 2 is 2.10 bits per heavy atom. The van der Waals surface area contributed by atoms with Crippen LogP contribution in [0.4, 0.5) is 13.2 Å². The molecule has 0 saturated heterocycles. The summed E-state index contributed by atoms with van der Waals surface area (Å²) in [6.45, 7) is 0. The molecular weight excluding hydrogens is 297 g/mol. The molecule has 110 valence electrons. The minimum absolute atomic E-state index is 0.0603. The van der Waals surface area contributed by atoms with Gasteiger partial charge in [-0.25, -0.2) is 0 Å². The van der Waals surface area contributed by atoms with E-state index in [0.717, 1.165) is 12.1 Å². The smallest absolute Gasteiger partial charge is 0.416 e. The molecule has 0 bridgehead atoms. The van der Waals surface area contributed by atoms with Gasteiger partial charge in [-0.3, -0.25) is 4.55 Å². The van der Waals surface area contributed by atoms with E-state index in [2.05, 4.69) is 0 Å². The minimum Gasteiger partial charge on any atom is -0.489 e. The van der Waals surface area contributed by atoms with Crippen LogP contribution in [-0.2, 0) is 21.7 Å². The van der Waals surface area contributed by atoms with E-state index < -0.39 is 33.0 Å². The van der Waals surface area contributed by atoms with Gasteiger partial charge in [0.15, 0.2) is 0 Å². The normalized spacial score (nSPS) is 27.7. The summed E-state index contributed by atoms with van der Waals surface area (Å²) in [7, 11) is -4.14. The van der Waals surface area contributed by atoms with Crippen molar-refractivity contribution in [1.29, 1.82) is 0 Å². The van der Waals surface area contributed by atoms with E-state index in [1.54, 1.807) is 0 Å². The van der Waals surface area contributed by atoms with Gasteiger partial charge in [0.2, 0.25) is 0 Å². The Balaban J connectivity index is 1.94. The summed E-state index contributed by atoms with van der Waals surface area (Å²) < 4.78 is 74.1. The number of alkyl halides is 3. The van der Waals surface area contributed by atoms with Crippen LogP contribution in [0.15, 0.2) is 18.2 Å². The molecule has 1 saturated carbocycles. The van der Waals surface area contributed by atoms with E-state index in [-0.39, 0.29) is 12.5 Å². The molecule has 0 aromatic heterocycles. The van der Waals surface area contributed by atoms with Crippen LogP contribution < -0.4 is 4.74 Å².